The van der Waals surface area contributed by atoms with Crippen LogP contribution in [-0.4, -0.2) is 29.2 Å². The monoisotopic (exact) mass is 443 g/mol. The average Bonchev–Trinajstić information content (AvgIpc) is 3.21. The predicted octanol–water partition coefficient (Wildman–Crippen LogP) is 5.17. The third-order valence-electron chi connectivity index (χ3n) is 5.67. The first-order valence-electron chi connectivity index (χ1n) is 10.7. The van der Waals surface area contributed by atoms with Crippen molar-refractivity contribution in [3.05, 3.63) is 95.3 Å². The molecule has 0 spiro atoms. The third-order valence-corrected chi connectivity index (χ3v) is 5.67. The summed E-state index contributed by atoms with van der Waals surface area (Å²) in [6.45, 7) is 1.97. The van der Waals surface area contributed by atoms with Gasteiger partial charge in [-0.2, -0.15) is 0 Å². The van der Waals surface area contributed by atoms with Crippen LogP contribution in [0.4, 0.5) is 10.3 Å². The highest BCUT2D eigenvalue weighted by molar-refractivity contribution is 6.03. The number of methoxy groups -OCH3 is 1. The second-order valence-corrected chi connectivity index (χ2v) is 7.61. The average molecular weight is 443 g/mol. The molecule has 0 radical (unpaired) electrons. The summed E-state index contributed by atoms with van der Waals surface area (Å²) >= 11 is 0. The van der Waals surface area contributed by atoms with Crippen LogP contribution in [0.25, 0.3) is 16.7 Å². The predicted molar refractivity (Wildman–Crippen MR) is 124 cm³/mol. The molecule has 1 N–H and O–H groups in total. The first kappa shape index (κ1) is 20.8. The molecular formula is C26H22FN3O3. The van der Waals surface area contributed by atoms with Gasteiger partial charge in [0, 0.05) is 0 Å². The van der Waals surface area contributed by atoms with Crippen LogP contribution >= 0.6 is 0 Å². The molecule has 2 heterocycles. The quantitative estimate of drug-likeness (QED) is 0.431. The SMILES string of the molecule is CCOC(=O)C1=C(c2ccc(OC)cc2)Nc2nc3ccccc3n2[C@H]1c1cccc(F)c1. The number of ether oxygens (including phenoxy) is 2. The number of imidazole rings is 1. The largest absolute Gasteiger partial charge is 0.497 e. The molecular weight excluding hydrogens is 421 g/mol. The zero-order valence-corrected chi connectivity index (χ0v) is 18.2. The Hall–Kier alpha value is -4.13. The van der Waals surface area contributed by atoms with Crippen molar-refractivity contribution in [2.75, 3.05) is 19.0 Å². The fraction of sp³-hybridized carbons (Fsp3) is 0.154. The minimum atomic E-state index is -0.638. The third kappa shape index (κ3) is 3.61. The number of carbonyl (C=O) groups is 1. The van der Waals surface area contributed by atoms with E-state index >= 15 is 0 Å². The molecule has 0 aliphatic carbocycles. The number of halogens is 1. The number of nitrogens with zero attached hydrogens (tertiary/aromatic N) is 2. The second kappa shape index (κ2) is 8.43. The molecule has 3 aromatic carbocycles. The van der Waals surface area contributed by atoms with E-state index in [1.165, 1.54) is 12.1 Å². The molecule has 7 heteroatoms. The van der Waals surface area contributed by atoms with Crippen LogP contribution in [0.3, 0.4) is 0 Å². The molecule has 0 bridgehead atoms. The number of esters is 1. The van der Waals surface area contributed by atoms with Gasteiger partial charge < -0.3 is 14.8 Å². The van der Waals surface area contributed by atoms with Gasteiger partial charge in [-0.25, -0.2) is 14.2 Å². The van der Waals surface area contributed by atoms with E-state index < -0.39 is 12.0 Å². The van der Waals surface area contributed by atoms with E-state index in [2.05, 4.69) is 5.32 Å². The maximum absolute atomic E-state index is 14.3. The number of anilines is 1. The number of benzene rings is 3. The summed E-state index contributed by atoms with van der Waals surface area (Å²) in [5, 5.41) is 3.34. The number of fused-ring (bicyclic) bond motifs is 3. The van der Waals surface area contributed by atoms with Gasteiger partial charge in [0.25, 0.3) is 0 Å². The Bertz CT molecular complexity index is 1380. The Labute approximate surface area is 190 Å². The molecule has 1 aliphatic heterocycles. The molecule has 33 heavy (non-hydrogen) atoms. The van der Waals surface area contributed by atoms with Crippen LogP contribution in [0.2, 0.25) is 0 Å². The molecule has 1 aromatic heterocycles. The highest BCUT2D eigenvalue weighted by Crippen LogP contribution is 2.42. The molecule has 4 aromatic rings. The van der Waals surface area contributed by atoms with Crippen LogP contribution < -0.4 is 10.1 Å². The van der Waals surface area contributed by atoms with Crippen molar-refractivity contribution in [2.45, 2.75) is 13.0 Å². The molecule has 0 fully saturated rings. The van der Waals surface area contributed by atoms with E-state index in [0.29, 0.717) is 28.5 Å². The minimum Gasteiger partial charge on any atom is -0.497 e. The Morgan fingerprint density at radius 1 is 1.09 bits per heavy atom. The first-order valence-corrected chi connectivity index (χ1v) is 10.7. The Kier molecular flexibility index (Phi) is 5.30. The summed E-state index contributed by atoms with van der Waals surface area (Å²) in [5.41, 5.74) is 3.91. The van der Waals surface area contributed by atoms with Gasteiger partial charge in [-0.3, -0.25) is 4.57 Å². The normalized spacial score (nSPS) is 15.2. The number of nitrogens with one attached hydrogen (secondary N) is 1. The molecule has 0 saturated heterocycles. The van der Waals surface area contributed by atoms with Crippen molar-refractivity contribution in [2.24, 2.45) is 0 Å². The first-order chi connectivity index (χ1) is 16.1. The van der Waals surface area contributed by atoms with Crippen molar-refractivity contribution in [3.8, 4) is 5.75 Å². The minimum absolute atomic E-state index is 0.214. The molecule has 166 valence electrons. The highest BCUT2D eigenvalue weighted by atomic mass is 19.1. The van der Waals surface area contributed by atoms with E-state index in [1.807, 2.05) is 59.2 Å². The van der Waals surface area contributed by atoms with Gasteiger partial charge in [-0.05, 0) is 66.6 Å². The van der Waals surface area contributed by atoms with Gasteiger partial charge in [0.2, 0.25) is 5.95 Å². The number of hydrogen-bond donors (Lipinski definition) is 1. The lowest BCUT2D eigenvalue weighted by molar-refractivity contribution is -0.138. The van der Waals surface area contributed by atoms with Gasteiger partial charge in [0.15, 0.2) is 0 Å². The van der Waals surface area contributed by atoms with Gasteiger partial charge in [0.05, 0.1) is 42.1 Å². The maximum atomic E-state index is 14.3. The summed E-state index contributed by atoms with van der Waals surface area (Å²) in [6, 6.07) is 20.7. The van der Waals surface area contributed by atoms with Crippen LogP contribution in [0.5, 0.6) is 5.75 Å². The topological polar surface area (TPSA) is 65.4 Å². The summed E-state index contributed by atoms with van der Waals surface area (Å²) in [6.07, 6.45) is 0. The number of aromatic nitrogens is 2. The van der Waals surface area contributed by atoms with Gasteiger partial charge in [0.1, 0.15) is 11.6 Å². The van der Waals surface area contributed by atoms with Crippen molar-refractivity contribution >= 4 is 28.6 Å². The lowest BCUT2D eigenvalue weighted by atomic mass is 9.92. The Morgan fingerprint density at radius 3 is 2.61 bits per heavy atom. The van der Waals surface area contributed by atoms with E-state index in [4.69, 9.17) is 14.5 Å². The van der Waals surface area contributed by atoms with E-state index in [-0.39, 0.29) is 12.4 Å². The van der Waals surface area contributed by atoms with Crippen LogP contribution in [0.1, 0.15) is 24.1 Å². The zero-order chi connectivity index (χ0) is 22.9. The highest BCUT2D eigenvalue weighted by Gasteiger charge is 2.36. The summed E-state index contributed by atoms with van der Waals surface area (Å²) in [7, 11) is 1.60. The molecule has 0 amide bonds. The molecule has 1 atom stereocenters. The van der Waals surface area contributed by atoms with E-state index in [1.54, 1.807) is 20.1 Å². The lowest BCUT2D eigenvalue weighted by Crippen LogP contribution is -2.29. The fourth-order valence-corrected chi connectivity index (χ4v) is 4.24. The number of hydrogen-bond acceptors (Lipinski definition) is 5. The standard InChI is InChI=1S/C26H22FN3O3/c1-3-33-25(31)22-23(16-11-13-19(32-2)14-12-16)29-26-28-20-9-4-5-10-21(20)30(26)24(22)17-7-6-8-18(27)15-17/h4-15,24H,3H2,1-2H3,(H,28,29)/t24-/m0/s1. The molecule has 1 aliphatic rings. The van der Waals surface area contributed by atoms with Crippen LogP contribution in [-0.2, 0) is 9.53 Å². The van der Waals surface area contributed by atoms with Crippen molar-refractivity contribution < 1.29 is 18.7 Å². The fourth-order valence-electron chi connectivity index (χ4n) is 4.24. The van der Waals surface area contributed by atoms with Crippen molar-refractivity contribution in [1.29, 1.82) is 0 Å². The van der Waals surface area contributed by atoms with E-state index in [0.717, 1.165) is 16.6 Å². The van der Waals surface area contributed by atoms with Crippen LogP contribution in [0.15, 0.2) is 78.4 Å². The smallest absolute Gasteiger partial charge is 0.338 e. The second-order valence-electron chi connectivity index (χ2n) is 7.61. The summed E-state index contributed by atoms with van der Waals surface area (Å²) in [5.74, 6) is 0.394. The Morgan fingerprint density at radius 2 is 1.88 bits per heavy atom. The number of rotatable bonds is 5. The van der Waals surface area contributed by atoms with E-state index in [9.17, 15) is 9.18 Å². The summed E-state index contributed by atoms with van der Waals surface area (Å²) in [4.78, 5) is 18.1. The number of carbonyl (C=O) groups excluding carboxylic acids is 1. The zero-order valence-electron chi connectivity index (χ0n) is 18.2. The lowest BCUT2D eigenvalue weighted by Gasteiger charge is -2.31. The van der Waals surface area contributed by atoms with Gasteiger partial charge >= 0.3 is 5.97 Å². The number of para-hydroxylation sites is 2. The van der Waals surface area contributed by atoms with Crippen molar-refractivity contribution in [1.82, 2.24) is 9.55 Å². The van der Waals surface area contributed by atoms with Crippen LogP contribution in [0, 0.1) is 5.82 Å². The van der Waals surface area contributed by atoms with Gasteiger partial charge in [-0.1, -0.05) is 24.3 Å². The molecule has 6 nitrogen and oxygen atoms in total. The molecule has 5 rings (SSSR count). The van der Waals surface area contributed by atoms with Gasteiger partial charge in [-0.15, -0.1) is 0 Å². The molecule has 0 saturated carbocycles. The van der Waals surface area contributed by atoms with Crippen molar-refractivity contribution in [3.63, 3.8) is 0 Å². The Balaban J connectivity index is 1.81. The summed E-state index contributed by atoms with van der Waals surface area (Å²) < 4.78 is 27.0. The maximum Gasteiger partial charge on any atom is 0.338 e. The molecule has 0 unspecified atom stereocenters.